The van der Waals surface area contributed by atoms with Crippen molar-refractivity contribution in [1.82, 2.24) is 25.1 Å². The monoisotopic (exact) mass is 464 g/mol. The number of phenolic OH excluding ortho intramolecular Hbond substituents is 1. The van der Waals surface area contributed by atoms with Crippen molar-refractivity contribution in [3.8, 4) is 17.1 Å². The maximum absolute atomic E-state index is 14.9. The molecule has 1 aromatic carbocycles. The first kappa shape index (κ1) is 21.6. The molecule has 2 saturated heterocycles. The van der Waals surface area contributed by atoms with E-state index in [-0.39, 0.29) is 44.9 Å². The van der Waals surface area contributed by atoms with Gasteiger partial charge in [-0.3, -0.25) is 4.79 Å². The van der Waals surface area contributed by atoms with Crippen molar-refractivity contribution in [2.75, 3.05) is 11.9 Å². The van der Waals surface area contributed by atoms with Crippen LogP contribution in [0.4, 0.5) is 23.4 Å². The molecule has 2 N–H and O–H groups in total. The van der Waals surface area contributed by atoms with Crippen LogP contribution in [0.1, 0.15) is 19.3 Å². The number of anilines is 1. The highest BCUT2D eigenvalue weighted by Gasteiger charge is 2.44. The number of fused-ring (bicyclic) bond motifs is 3. The van der Waals surface area contributed by atoms with Crippen LogP contribution >= 0.6 is 0 Å². The van der Waals surface area contributed by atoms with Crippen molar-refractivity contribution < 1.29 is 22.7 Å². The number of phenols is 1. The van der Waals surface area contributed by atoms with E-state index in [9.17, 15) is 27.5 Å². The van der Waals surface area contributed by atoms with E-state index in [1.54, 1.807) is 11.9 Å². The zero-order valence-corrected chi connectivity index (χ0v) is 17.4. The zero-order chi connectivity index (χ0) is 23.5. The van der Waals surface area contributed by atoms with Gasteiger partial charge in [-0.05, 0) is 42.8 Å². The van der Waals surface area contributed by atoms with Crippen molar-refractivity contribution in [3.05, 3.63) is 40.9 Å². The molecule has 4 heterocycles. The van der Waals surface area contributed by atoms with Gasteiger partial charge in [0.1, 0.15) is 11.9 Å². The smallest absolute Gasteiger partial charge is 0.491 e. The van der Waals surface area contributed by atoms with Crippen molar-refractivity contribution in [2.45, 2.75) is 49.9 Å². The Labute approximate surface area is 184 Å². The van der Waals surface area contributed by atoms with Gasteiger partial charge in [0.05, 0.1) is 23.2 Å². The number of hydrogen-bond acceptors (Lipinski definition) is 7. The van der Waals surface area contributed by atoms with Crippen LogP contribution in [0.3, 0.4) is 0 Å². The Morgan fingerprint density at radius 2 is 2.03 bits per heavy atom. The average Bonchev–Trinajstić information content (AvgIpc) is 3.19. The first-order valence-electron chi connectivity index (χ1n) is 10.4. The number of aromatic nitrogens is 4. The largest absolute Gasteiger partial charge is 0.507 e. The fourth-order valence-electron chi connectivity index (χ4n) is 4.73. The number of aromatic hydroxyl groups is 1. The maximum atomic E-state index is 14.9. The molecule has 2 bridgehead atoms. The number of piperidine rings is 1. The quantitative estimate of drug-likeness (QED) is 0.576. The molecule has 0 spiro atoms. The SMILES string of the molecule is CN(c1cnc(-c2cc3ccn(C(F)(F)F)c(=O)c3cc2O)nn1)[C@@H]1CC2CCC(N2)[C@@H]1F. The molecule has 2 aromatic heterocycles. The van der Waals surface area contributed by atoms with E-state index < -0.39 is 23.8 Å². The summed E-state index contributed by atoms with van der Waals surface area (Å²) in [5.74, 6) is -0.0732. The van der Waals surface area contributed by atoms with Gasteiger partial charge in [0, 0.05) is 25.3 Å². The van der Waals surface area contributed by atoms with Gasteiger partial charge in [0.15, 0.2) is 11.6 Å². The zero-order valence-electron chi connectivity index (χ0n) is 17.4. The van der Waals surface area contributed by atoms with Gasteiger partial charge in [0.25, 0.3) is 5.56 Å². The lowest BCUT2D eigenvalue weighted by Gasteiger charge is -2.38. The second kappa shape index (κ2) is 7.65. The molecule has 4 atom stereocenters. The van der Waals surface area contributed by atoms with Gasteiger partial charge < -0.3 is 15.3 Å². The van der Waals surface area contributed by atoms with Crippen LogP contribution in [-0.4, -0.2) is 56.2 Å². The van der Waals surface area contributed by atoms with E-state index in [2.05, 4.69) is 20.5 Å². The first-order chi connectivity index (χ1) is 15.6. The summed E-state index contributed by atoms with van der Waals surface area (Å²) >= 11 is 0. The number of halogens is 4. The molecule has 0 radical (unpaired) electrons. The maximum Gasteiger partial charge on any atom is 0.491 e. The van der Waals surface area contributed by atoms with Gasteiger partial charge in [-0.1, -0.05) is 0 Å². The summed E-state index contributed by atoms with van der Waals surface area (Å²) in [7, 11) is 1.73. The third kappa shape index (κ3) is 3.67. The topological polar surface area (TPSA) is 96.2 Å². The Morgan fingerprint density at radius 3 is 2.73 bits per heavy atom. The summed E-state index contributed by atoms with van der Waals surface area (Å²) < 4.78 is 53.4. The van der Waals surface area contributed by atoms with Crippen molar-refractivity contribution in [2.24, 2.45) is 0 Å². The molecule has 5 rings (SSSR count). The molecule has 2 aliphatic rings. The lowest BCUT2D eigenvalue weighted by Crippen LogP contribution is -2.55. The van der Waals surface area contributed by atoms with Crippen molar-refractivity contribution in [1.29, 1.82) is 0 Å². The Morgan fingerprint density at radius 1 is 1.24 bits per heavy atom. The minimum absolute atomic E-state index is 0.0220. The molecule has 33 heavy (non-hydrogen) atoms. The third-order valence-corrected chi connectivity index (χ3v) is 6.50. The van der Waals surface area contributed by atoms with Gasteiger partial charge in [-0.2, -0.15) is 0 Å². The van der Waals surface area contributed by atoms with Crippen LogP contribution in [-0.2, 0) is 6.30 Å². The third-order valence-electron chi connectivity index (χ3n) is 6.50. The number of rotatable bonds is 3. The fraction of sp³-hybridized carbons (Fsp3) is 0.429. The minimum Gasteiger partial charge on any atom is -0.507 e. The highest BCUT2D eigenvalue weighted by atomic mass is 19.4. The Kier molecular flexibility index (Phi) is 5.00. The predicted octanol–water partition coefficient (Wildman–Crippen LogP) is 2.70. The average molecular weight is 464 g/mol. The second-order valence-corrected chi connectivity index (χ2v) is 8.46. The molecule has 2 unspecified atom stereocenters. The fourth-order valence-corrected chi connectivity index (χ4v) is 4.73. The first-order valence-corrected chi connectivity index (χ1v) is 10.4. The number of pyridine rings is 1. The summed E-state index contributed by atoms with van der Waals surface area (Å²) in [5.41, 5.74) is -1.19. The lowest BCUT2D eigenvalue weighted by atomic mass is 9.96. The number of nitrogens with one attached hydrogen (secondary N) is 1. The summed E-state index contributed by atoms with van der Waals surface area (Å²) in [5, 5.41) is 21.7. The van der Waals surface area contributed by atoms with E-state index in [0.29, 0.717) is 18.4 Å². The molecule has 0 aliphatic carbocycles. The molecular formula is C21H20F4N6O2. The summed E-state index contributed by atoms with van der Waals surface area (Å²) in [4.78, 5) is 18.1. The predicted molar refractivity (Wildman–Crippen MR) is 112 cm³/mol. The van der Waals surface area contributed by atoms with Crippen molar-refractivity contribution in [3.63, 3.8) is 0 Å². The molecule has 0 amide bonds. The van der Waals surface area contributed by atoms with Crippen LogP contribution in [0.5, 0.6) is 5.75 Å². The van der Waals surface area contributed by atoms with Crippen LogP contribution in [0.2, 0.25) is 0 Å². The van der Waals surface area contributed by atoms with Gasteiger partial charge in [0.2, 0.25) is 0 Å². The standard InChI is InChI=1S/C21H20F4N6O2/c1-30(15-7-11-2-3-14(27-11)18(15)22)17-9-26-19(29-28-17)13-6-10-4-5-31(21(23,24)25)20(33)12(10)8-16(13)32/h4-6,8-9,11,14-15,18,27,32H,2-3,7H2,1H3/t11?,14?,15-,18+/m1/s1. The van der Waals surface area contributed by atoms with Crippen LogP contribution in [0, 0.1) is 0 Å². The Bertz CT molecular complexity index is 1260. The highest BCUT2D eigenvalue weighted by Crippen LogP contribution is 2.34. The number of nitrogens with zero attached hydrogens (tertiary/aromatic N) is 5. The number of benzene rings is 1. The molecule has 174 valence electrons. The number of hydrogen-bond donors (Lipinski definition) is 2. The second-order valence-electron chi connectivity index (χ2n) is 8.46. The lowest BCUT2D eigenvalue weighted by molar-refractivity contribution is -0.206. The molecule has 12 heteroatoms. The van der Waals surface area contributed by atoms with E-state index >= 15 is 0 Å². The van der Waals surface area contributed by atoms with Crippen molar-refractivity contribution >= 4 is 16.6 Å². The summed E-state index contributed by atoms with van der Waals surface area (Å²) in [6.45, 7) is 0. The van der Waals surface area contributed by atoms with E-state index in [0.717, 1.165) is 25.0 Å². The highest BCUT2D eigenvalue weighted by molar-refractivity contribution is 5.88. The Balaban J connectivity index is 1.45. The molecule has 3 aromatic rings. The molecule has 2 aliphatic heterocycles. The van der Waals surface area contributed by atoms with E-state index in [1.807, 2.05) is 0 Å². The van der Waals surface area contributed by atoms with Gasteiger partial charge in [-0.25, -0.2) is 13.9 Å². The van der Waals surface area contributed by atoms with E-state index in [1.165, 1.54) is 12.3 Å². The minimum atomic E-state index is -4.87. The van der Waals surface area contributed by atoms with Crippen LogP contribution < -0.4 is 15.8 Å². The summed E-state index contributed by atoms with van der Waals surface area (Å²) in [6.07, 6.45) is -1.52. The normalized spacial score (nSPS) is 24.9. The summed E-state index contributed by atoms with van der Waals surface area (Å²) in [6, 6.07) is 3.14. The molecule has 2 fully saturated rings. The molecule has 0 saturated carbocycles. The molecule has 8 nitrogen and oxygen atoms in total. The van der Waals surface area contributed by atoms with Crippen LogP contribution in [0.15, 0.2) is 35.4 Å². The van der Waals surface area contributed by atoms with Gasteiger partial charge >= 0.3 is 6.30 Å². The van der Waals surface area contributed by atoms with Gasteiger partial charge in [-0.15, -0.1) is 23.4 Å². The van der Waals surface area contributed by atoms with Crippen LogP contribution in [0.25, 0.3) is 22.2 Å². The molecular weight excluding hydrogens is 444 g/mol. The van der Waals surface area contributed by atoms with E-state index in [4.69, 9.17) is 0 Å². The Hall–Kier alpha value is -3.28. The number of alkyl halides is 4.